The van der Waals surface area contributed by atoms with Crippen LogP contribution in [0.25, 0.3) is 0 Å². The van der Waals surface area contributed by atoms with Gasteiger partial charge in [-0.05, 0) is 49.2 Å². The number of hydrogen-bond donors (Lipinski definition) is 1. The van der Waals surface area contributed by atoms with Crippen molar-refractivity contribution in [2.24, 2.45) is 0 Å². The van der Waals surface area contributed by atoms with E-state index in [9.17, 15) is 4.79 Å². The van der Waals surface area contributed by atoms with Crippen LogP contribution in [0.2, 0.25) is 0 Å². The molecule has 124 valence electrons. The molecule has 2 aromatic carbocycles. The summed E-state index contributed by atoms with van der Waals surface area (Å²) < 4.78 is 10.7. The summed E-state index contributed by atoms with van der Waals surface area (Å²) in [6.07, 6.45) is 0.0987. The predicted octanol–water partition coefficient (Wildman–Crippen LogP) is 2.69. The van der Waals surface area contributed by atoms with Gasteiger partial charge < -0.3 is 14.8 Å². The molecule has 0 fully saturated rings. The van der Waals surface area contributed by atoms with E-state index in [0.29, 0.717) is 17.9 Å². The molecule has 0 aliphatic rings. The van der Waals surface area contributed by atoms with Crippen molar-refractivity contribution in [3.63, 3.8) is 0 Å². The molecule has 0 aliphatic heterocycles. The van der Waals surface area contributed by atoms with Crippen LogP contribution in [0.1, 0.15) is 18.1 Å². The van der Waals surface area contributed by atoms with Gasteiger partial charge in [-0.25, -0.2) is 0 Å². The van der Waals surface area contributed by atoms with E-state index in [-0.39, 0.29) is 5.91 Å². The largest absolute Gasteiger partial charge is 0.497 e. The number of nitrogens with zero attached hydrogens (tertiary/aromatic N) is 1. The van der Waals surface area contributed by atoms with Crippen LogP contribution in [0.4, 0.5) is 0 Å². The first-order valence-corrected chi connectivity index (χ1v) is 7.70. The molecule has 1 N–H and O–H groups in total. The molecule has 2 rings (SSSR count). The average molecular weight is 324 g/mol. The van der Waals surface area contributed by atoms with Gasteiger partial charge in [-0.1, -0.05) is 18.2 Å². The number of nitriles is 1. The Bertz CT molecular complexity index is 720. The lowest BCUT2D eigenvalue weighted by Crippen LogP contribution is -2.37. The van der Waals surface area contributed by atoms with E-state index in [2.05, 4.69) is 5.32 Å². The topological polar surface area (TPSA) is 71.3 Å². The highest BCUT2D eigenvalue weighted by molar-refractivity contribution is 5.80. The SMILES string of the molecule is COc1ccc(CCNC(=O)[C@@H](C)Oc2cccc(C#N)c2)cc1. The highest BCUT2D eigenvalue weighted by Crippen LogP contribution is 2.14. The molecular weight excluding hydrogens is 304 g/mol. The van der Waals surface area contributed by atoms with Gasteiger partial charge in [0.1, 0.15) is 11.5 Å². The summed E-state index contributed by atoms with van der Waals surface area (Å²) in [5.74, 6) is 1.13. The van der Waals surface area contributed by atoms with Gasteiger partial charge in [0.05, 0.1) is 18.7 Å². The second-order valence-electron chi connectivity index (χ2n) is 5.29. The molecule has 0 aromatic heterocycles. The van der Waals surface area contributed by atoms with Gasteiger partial charge in [-0.2, -0.15) is 5.26 Å². The van der Waals surface area contributed by atoms with Crippen LogP contribution in [-0.4, -0.2) is 25.7 Å². The first-order chi connectivity index (χ1) is 11.6. The van der Waals surface area contributed by atoms with Crippen molar-refractivity contribution in [2.45, 2.75) is 19.4 Å². The molecule has 5 nitrogen and oxygen atoms in total. The molecule has 0 spiro atoms. The van der Waals surface area contributed by atoms with E-state index in [4.69, 9.17) is 14.7 Å². The highest BCUT2D eigenvalue weighted by atomic mass is 16.5. The Balaban J connectivity index is 1.79. The van der Waals surface area contributed by atoms with E-state index >= 15 is 0 Å². The maximum atomic E-state index is 12.1. The van der Waals surface area contributed by atoms with Crippen LogP contribution in [0, 0.1) is 11.3 Å². The summed E-state index contributed by atoms with van der Waals surface area (Å²) in [4.78, 5) is 12.1. The molecule has 24 heavy (non-hydrogen) atoms. The molecule has 0 saturated heterocycles. The van der Waals surface area contributed by atoms with Gasteiger partial charge in [0.25, 0.3) is 5.91 Å². The molecular formula is C19H20N2O3. The third kappa shape index (κ3) is 5.03. The minimum absolute atomic E-state index is 0.189. The number of carbonyl (C=O) groups is 1. The smallest absolute Gasteiger partial charge is 0.260 e. The molecule has 0 aliphatic carbocycles. The van der Waals surface area contributed by atoms with Crippen molar-refractivity contribution in [3.05, 3.63) is 59.7 Å². The molecule has 1 amide bonds. The number of nitrogens with one attached hydrogen (secondary N) is 1. The molecule has 0 heterocycles. The molecule has 5 heteroatoms. The number of methoxy groups -OCH3 is 1. The van der Waals surface area contributed by atoms with Crippen molar-refractivity contribution >= 4 is 5.91 Å². The Kier molecular flexibility index (Phi) is 6.21. The first-order valence-electron chi connectivity index (χ1n) is 7.70. The van der Waals surface area contributed by atoms with Crippen LogP contribution in [0.15, 0.2) is 48.5 Å². The summed E-state index contributed by atoms with van der Waals surface area (Å²) in [6, 6.07) is 16.5. The van der Waals surface area contributed by atoms with Crippen LogP contribution >= 0.6 is 0 Å². The molecule has 0 unspecified atom stereocenters. The molecule has 0 radical (unpaired) electrons. The summed E-state index contributed by atoms with van der Waals surface area (Å²) in [6.45, 7) is 2.21. The van der Waals surface area contributed by atoms with E-state index < -0.39 is 6.10 Å². The minimum Gasteiger partial charge on any atom is -0.497 e. The Morgan fingerprint density at radius 3 is 2.62 bits per heavy atom. The minimum atomic E-state index is -0.630. The Morgan fingerprint density at radius 2 is 1.96 bits per heavy atom. The van der Waals surface area contributed by atoms with Crippen molar-refractivity contribution in [2.75, 3.05) is 13.7 Å². The monoisotopic (exact) mass is 324 g/mol. The Labute approximate surface area is 141 Å². The van der Waals surface area contributed by atoms with Gasteiger partial charge in [-0.15, -0.1) is 0 Å². The number of benzene rings is 2. The van der Waals surface area contributed by atoms with Crippen molar-refractivity contribution in [1.29, 1.82) is 5.26 Å². The third-order valence-electron chi connectivity index (χ3n) is 3.52. The number of ether oxygens (including phenoxy) is 2. The number of amides is 1. The zero-order valence-electron chi connectivity index (χ0n) is 13.8. The fraction of sp³-hybridized carbons (Fsp3) is 0.263. The lowest BCUT2D eigenvalue weighted by molar-refractivity contribution is -0.127. The van der Waals surface area contributed by atoms with Crippen molar-refractivity contribution in [3.8, 4) is 17.6 Å². The van der Waals surface area contributed by atoms with Crippen molar-refractivity contribution in [1.82, 2.24) is 5.32 Å². The second kappa shape index (κ2) is 8.59. The highest BCUT2D eigenvalue weighted by Gasteiger charge is 2.14. The lowest BCUT2D eigenvalue weighted by atomic mass is 10.1. The van der Waals surface area contributed by atoms with Gasteiger partial charge in [0, 0.05) is 6.54 Å². The second-order valence-corrected chi connectivity index (χ2v) is 5.29. The fourth-order valence-electron chi connectivity index (χ4n) is 2.16. The average Bonchev–Trinajstić information content (AvgIpc) is 2.62. The summed E-state index contributed by atoms with van der Waals surface area (Å²) in [7, 11) is 1.63. The number of hydrogen-bond acceptors (Lipinski definition) is 4. The van der Waals surface area contributed by atoms with Gasteiger partial charge in [0.2, 0.25) is 0 Å². The molecule has 2 aromatic rings. The number of carbonyl (C=O) groups excluding carboxylic acids is 1. The van der Waals surface area contributed by atoms with E-state index in [0.717, 1.165) is 17.7 Å². The van der Waals surface area contributed by atoms with Crippen molar-refractivity contribution < 1.29 is 14.3 Å². The fourth-order valence-corrected chi connectivity index (χ4v) is 2.16. The summed E-state index contributed by atoms with van der Waals surface area (Å²) >= 11 is 0. The zero-order valence-corrected chi connectivity index (χ0v) is 13.8. The van der Waals surface area contributed by atoms with Crippen LogP contribution in [-0.2, 0) is 11.2 Å². The molecule has 0 bridgehead atoms. The molecule has 0 saturated carbocycles. The van der Waals surface area contributed by atoms with E-state index in [1.807, 2.05) is 30.3 Å². The summed E-state index contributed by atoms with van der Waals surface area (Å²) in [5, 5.41) is 11.7. The van der Waals surface area contributed by atoms with Crippen LogP contribution < -0.4 is 14.8 Å². The van der Waals surface area contributed by atoms with E-state index in [1.54, 1.807) is 38.3 Å². The van der Waals surface area contributed by atoms with E-state index in [1.165, 1.54) is 0 Å². The third-order valence-corrected chi connectivity index (χ3v) is 3.52. The Hall–Kier alpha value is -3.00. The maximum absolute atomic E-state index is 12.1. The van der Waals surface area contributed by atoms with Gasteiger partial charge >= 0.3 is 0 Å². The van der Waals surface area contributed by atoms with Crippen LogP contribution in [0.3, 0.4) is 0 Å². The maximum Gasteiger partial charge on any atom is 0.260 e. The molecule has 1 atom stereocenters. The normalized spacial score (nSPS) is 11.2. The quantitative estimate of drug-likeness (QED) is 0.850. The Morgan fingerprint density at radius 1 is 1.21 bits per heavy atom. The lowest BCUT2D eigenvalue weighted by Gasteiger charge is -2.15. The van der Waals surface area contributed by atoms with Gasteiger partial charge in [0.15, 0.2) is 6.10 Å². The summed E-state index contributed by atoms with van der Waals surface area (Å²) in [5.41, 5.74) is 1.62. The van der Waals surface area contributed by atoms with Gasteiger partial charge in [-0.3, -0.25) is 4.79 Å². The standard InChI is InChI=1S/C19H20N2O3/c1-14(24-18-5-3-4-16(12-18)13-20)19(22)21-11-10-15-6-8-17(23-2)9-7-15/h3-9,12,14H,10-11H2,1-2H3,(H,21,22)/t14-/m1/s1. The number of rotatable bonds is 7. The van der Waals surface area contributed by atoms with Crippen LogP contribution in [0.5, 0.6) is 11.5 Å². The first kappa shape index (κ1) is 17.4. The zero-order chi connectivity index (χ0) is 17.4. The predicted molar refractivity (Wildman–Crippen MR) is 91.0 cm³/mol.